The Labute approximate surface area is 342 Å². The van der Waals surface area contributed by atoms with Crippen molar-refractivity contribution in [1.82, 2.24) is 9.13 Å². The summed E-state index contributed by atoms with van der Waals surface area (Å²) in [5, 5.41) is 4.94. The lowest BCUT2D eigenvalue weighted by Gasteiger charge is -2.26. The van der Waals surface area contributed by atoms with Crippen LogP contribution >= 0.6 is 0 Å². The minimum absolute atomic E-state index is 1.07. The summed E-state index contributed by atoms with van der Waals surface area (Å²) in [5.41, 5.74) is 18.7. The Balaban J connectivity index is 1.01. The second-order valence-electron chi connectivity index (χ2n) is 15.4. The number of aromatic nitrogens is 2. The van der Waals surface area contributed by atoms with Crippen molar-refractivity contribution in [2.45, 2.75) is 0 Å². The fourth-order valence-electron chi connectivity index (χ4n) is 9.50. The van der Waals surface area contributed by atoms with E-state index < -0.39 is 0 Å². The molecule has 276 valence electrons. The molecule has 11 aromatic rings. The van der Waals surface area contributed by atoms with E-state index >= 15 is 0 Å². The molecule has 0 N–H and O–H groups in total. The Morgan fingerprint density at radius 1 is 0.305 bits per heavy atom. The number of benzene rings is 9. The summed E-state index contributed by atoms with van der Waals surface area (Å²) >= 11 is 0. The molecule has 0 unspecified atom stereocenters. The van der Waals surface area contributed by atoms with Crippen LogP contribution in [0, 0.1) is 0 Å². The maximum atomic E-state index is 4.57. The maximum Gasteiger partial charge on any atom is 0.0542 e. The predicted molar refractivity (Wildman–Crippen MR) is 249 cm³/mol. The first kappa shape index (κ1) is 33.3. The summed E-state index contributed by atoms with van der Waals surface area (Å²) in [6.07, 6.45) is 0. The van der Waals surface area contributed by atoms with Crippen LogP contribution in [0.2, 0.25) is 0 Å². The molecule has 2 aromatic heterocycles. The van der Waals surface area contributed by atoms with Crippen LogP contribution in [-0.2, 0) is 0 Å². The second kappa shape index (κ2) is 13.1. The normalized spacial score (nSPS) is 12.1. The quantitative estimate of drug-likeness (QED) is 0.165. The standard InChI is InChI=1S/C56H37N3/c1-37-45-18-8-9-19-46(45)47-31-29-43(35-50(37)47)57(44-30-33-56-52(36-44)49-21-11-13-23-54(49)59(56)41-16-6-3-7-17-41)42-27-24-38(25-28-42)39-26-32-55-51(34-39)48-20-10-12-22-53(48)58(55)40-14-4-2-5-15-40/h2-36H,1H2. The van der Waals surface area contributed by atoms with Crippen LogP contribution in [0.25, 0.3) is 82.8 Å². The smallest absolute Gasteiger partial charge is 0.0542 e. The average molecular weight is 752 g/mol. The van der Waals surface area contributed by atoms with Crippen LogP contribution in [0.4, 0.5) is 17.1 Å². The molecule has 59 heavy (non-hydrogen) atoms. The van der Waals surface area contributed by atoms with Gasteiger partial charge >= 0.3 is 0 Å². The van der Waals surface area contributed by atoms with Gasteiger partial charge in [-0.3, -0.25) is 0 Å². The Bertz CT molecular complexity index is 3440. The number of hydrogen-bond acceptors (Lipinski definition) is 1. The summed E-state index contributed by atoms with van der Waals surface area (Å²) in [6, 6.07) is 77.0. The van der Waals surface area contributed by atoms with Crippen molar-refractivity contribution in [3.8, 4) is 33.6 Å². The average Bonchev–Trinajstić information content (AvgIpc) is 3.92. The van der Waals surface area contributed by atoms with Gasteiger partial charge in [-0.1, -0.05) is 128 Å². The van der Waals surface area contributed by atoms with Gasteiger partial charge in [0.25, 0.3) is 0 Å². The highest BCUT2D eigenvalue weighted by Crippen LogP contribution is 2.47. The molecule has 0 atom stereocenters. The van der Waals surface area contributed by atoms with Crippen molar-refractivity contribution in [2.24, 2.45) is 0 Å². The molecule has 0 aliphatic heterocycles. The molecule has 1 aliphatic carbocycles. The molecule has 0 saturated carbocycles. The van der Waals surface area contributed by atoms with Crippen molar-refractivity contribution >= 4 is 66.2 Å². The SMILES string of the molecule is C=C1c2ccccc2-c2ccc(N(c3ccc(-c4ccc5c(c4)c4ccccc4n5-c4ccccc4)cc3)c3ccc4c(c3)c3ccccc3n4-c3ccccc3)cc21. The van der Waals surface area contributed by atoms with E-state index in [9.17, 15) is 0 Å². The third-order valence-corrected chi connectivity index (χ3v) is 12.2. The zero-order valence-corrected chi connectivity index (χ0v) is 32.3. The monoisotopic (exact) mass is 751 g/mol. The Kier molecular flexibility index (Phi) is 7.38. The summed E-state index contributed by atoms with van der Waals surface area (Å²) in [7, 11) is 0. The molecule has 3 heteroatoms. The molecular weight excluding hydrogens is 715 g/mol. The lowest BCUT2D eigenvalue weighted by atomic mass is 10.0. The minimum Gasteiger partial charge on any atom is -0.310 e. The highest BCUT2D eigenvalue weighted by atomic mass is 15.1. The first-order valence-corrected chi connectivity index (χ1v) is 20.2. The lowest BCUT2D eigenvalue weighted by molar-refractivity contribution is 1.18. The molecule has 12 rings (SSSR count). The first-order chi connectivity index (χ1) is 29.2. The van der Waals surface area contributed by atoms with Crippen LogP contribution < -0.4 is 4.90 Å². The van der Waals surface area contributed by atoms with E-state index in [-0.39, 0.29) is 0 Å². The molecule has 1 aliphatic rings. The third kappa shape index (κ3) is 5.15. The number of fused-ring (bicyclic) bond motifs is 9. The van der Waals surface area contributed by atoms with E-state index in [2.05, 4.69) is 233 Å². The fraction of sp³-hybridized carbons (Fsp3) is 0. The first-order valence-electron chi connectivity index (χ1n) is 20.2. The van der Waals surface area contributed by atoms with E-state index in [4.69, 9.17) is 0 Å². The molecule has 2 heterocycles. The lowest BCUT2D eigenvalue weighted by Crippen LogP contribution is -2.10. The summed E-state index contributed by atoms with van der Waals surface area (Å²) in [5.74, 6) is 0. The van der Waals surface area contributed by atoms with E-state index in [0.29, 0.717) is 0 Å². The maximum absolute atomic E-state index is 4.57. The second-order valence-corrected chi connectivity index (χ2v) is 15.4. The Hall–Kier alpha value is -7.88. The largest absolute Gasteiger partial charge is 0.310 e. The molecule has 0 bridgehead atoms. The van der Waals surface area contributed by atoms with Crippen molar-refractivity contribution in [2.75, 3.05) is 4.90 Å². The molecule has 0 amide bonds. The zero-order chi connectivity index (χ0) is 39.0. The third-order valence-electron chi connectivity index (χ3n) is 12.2. The number of nitrogens with zero attached hydrogens (tertiary/aromatic N) is 3. The van der Waals surface area contributed by atoms with Crippen LogP contribution in [0.5, 0.6) is 0 Å². The van der Waals surface area contributed by atoms with E-state index in [1.165, 1.54) is 77.0 Å². The van der Waals surface area contributed by atoms with Crippen molar-refractivity contribution in [3.63, 3.8) is 0 Å². The topological polar surface area (TPSA) is 13.1 Å². The van der Waals surface area contributed by atoms with Gasteiger partial charge in [0.1, 0.15) is 0 Å². The van der Waals surface area contributed by atoms with Gasteiger partial charge in [-0.2, -0.15) is 0 Å². The van der Waals surface area contributed by atoms with Gasteiger partial charge < -0.3 is 14.0 Å². The number of hydrogen-bond donors (Lipinski definition) is 0. The summed E-state index contributed by atoms with van der Waals surface area (Å²) in [6.45, 7) is 4.57. The van der Waals surface area contributed by atoms with Gasteiger partial charge in [-0.05, 0) is 130 Å². The van der Waals surface area contributed by atoms with Crippen molar-refractivity contribution < 1.29 is 0 Å². The molecule has 0 radical (unpaired) electrons. The van der Waals surface area contributed by atoms with E-state index in [1.807, 2.05) is 0 Å². The Morgan fingerprint density at radius 3 is 1.42 bits per heavy atom. The summed E-state index contributed by atoms with van der Waals surface area (Å²) in [4.78, 5) is 2.39. The van der Waals surface area contributed by atoms with Crippen molar-refractivity contribution in [3.05, 3.63) is 230 Å². The molecule has 9 aromatic carbocycles. The van der Waals surface area contributed by atoms with Crippen LogP contribution in [-0.4, -0.2) is 9.13 Å². The van der Waals surface area contributed by atoms with Gasteiger partial charge in [0.15, 0.2) is 0 Å². The number of para-hydroxylation sites is 4. The van der Waals surface area contributed by atoms with Gasteiger partial charge in [0, 0.05) is 50.0 Å². The van der Waals surface area contributed by atoms with Gasteiger partial charge in [-0.25, -0.2) is 0 Å². The van der Waals surface area contributed by atoms with Crippen LogP contribution in [0.15, 0.2) is 219 Å². The van der Waals surface area contributed by atoms with Gasteiger partial charge in [0.2, 0.25) is 0 Å². The number of rotatable bonds is 6. The van der Waals surface area contributed by atoms with Gasteiger partial charge in [0.05, 0.1) is 22.1 Å². The van der Waals surface area contributed by atoms with Crippen LogP contribution in [0.3, 0.4) is 0 Å². The summed E-state index contributed by atoms with van der Waals surface area (Å²) < 4.78 is 4.74. The Morgan fingerprint density at radius 2 is 0.763 bits per heavy atom. The molecule has 0 fully saturated rings. The fourth-order valence-corrected chi connectivity index (χ4v) is 9.50. The molecule has 0 spiro atoms. The molecular formula is C56H37N3. The molecule has 3 nitrogen and oxygen atoms in total. The highest BCUT2D eigenvalue weighted by Gasteiger charge is 2.24. The highest BCUT2D eigenvalue weighted by molar-refractivity contribution is 6.12. The van der Waals surface area contributed by atoms with E-state index in [1.54, 1.807) is 0 Å². The van der Waals surface area contributed by atoms with E-state index in [0.717, 1.165) is 34.0 Å². The number of anilines is 3. The van der Waals surface area contributed by atoms with Crippen LogP contribution in [0.1, 0.15) is 11.1 Å². The molecule has 0 saturated heterocycles. The minimum atomic E-state index is 1.07. The predicted octanol–water partition coefficient (Wildman–Crippen LogP) is 15.1. The zero-order valence-electron chi connectivity index (χ0n) is 32.3. The van der Waals surface area contributed by atoms with Crippen molar-refractivity contribution in [1.29, 1.82) is 0 Å². The van der Waals surface area contributed by atoms with Gasteiger partial charge in [-0.15, -0.1) is 0 Å².